The zero-order valence-corrected chi connectivity index (χ0v) is 21.4. The fourth-order valence-electron chi connectivity index (χ4n) is 4.09. The molecule has 3 rings (SSSR count). The molecule has 34 heavy (non-hydrogen) atoms. The number of methoxy groups -OCH3 is 1. The van der Waals surface area contributed by atoms with Crippen molar-refractivity contribution in [1.82, 2.24) is 9.62 Å². The molecule has 1 heterocycles. The summed E-state index contributed by atoms with van der Waals surface area (Å²) in [5, 5.41) is 2.82. The van der Waals surface area contributed by atoms with Gasteiger partial charge in [-0.05, 0) is 48.1 Å². The minimum absolute atomic E-state index is 0.0630. The van der Waals surface area contributed by atoms with Gasteiger partial charge in [0, 0.05) is 13.1 Å². The number of carbonyl (C=O) groups excluding carboxylic acids is 1. The second-order valence-electron chi connectivity index (χ2n) is 9.53. The van der Waals surface area contributed by atoms with Crippen LogP contribution in [-0.2, 0) is 15.4 Å². The van der Waals surface area contributed by atoms with Crippen molar-refractivity contribution in [3.8, 4) is 11.5 Å². The van der Waals surface area contributed by atoms with Crippen LogP contribution < -0.4 is 14.8 Å². The first-order chi connectivity index (χ1) is 16.1. The van der Waals surface area contributed by atoms with Gasteiger partial charge in [-0.15, -0.1) is 0 Å². The number of benzene rings is 2. The smallest absolute Gasteiger partial charge is 0.255 e. The van der Waals surface area contributed by atoms with E-state index in [1.165, 1.54) is 29.6 Å². The fourth-order valence-corrected chi connectivity index (χ4v) is 5.63. The lowest BCUT2D eigenvalue weighted by atomic mass is 9.86. The van der Waals surface area contributed by atoms with Gasteiger partial charge >= 0.3 is 0 Å². The van der Waals surface area contributed by atoms with Gasteiger partial charge in [0.15, 0.2) is 0 Å². The summed E-state index contributed by atoms with van der Waals surface area (Å²) < 4.78 is 39.1. The molecule has 7 nitrogen and oxygen atoms in total. The quantitative estimate of drug-likeness (QED) is 0.558. The van der Waals surface area contributed by atoms with E-state index in [9.17, 15) is 13.2 Å². The van der Waals surface area contributed by atoms with Crippen molar-refractivity contribution in [3.63, 3.8) is 0 Å². The van der Waals surface area contributed by atoms with Crippen molar-refractivity contribution < 1.29 is 22.7 Å². The van der Waals surface area contributed by atoms with Crippen LogP contribution in [0.5, 0.6) is 11.5 Å². The SMILES string of the molecule is COc1ccc(S(=O)(=O)N2CCCCCC2)cc1C(=O)NCCOc1ccccc1C(C)(C)C. The van der Waals surface area contributed by atoms with Crippen LogP contribution in [0.4, 0.5) is 0 Å². The van der Waals surface area contributed by atoms with E-state index >= 15 is 0 Å². The molecule has 0 atom stereocenters. The highest BCUT2D eigenvalue weighted by molar-refractivity contribution is 7.89. The minimum atomic E-state index is -3.67. The Hall–Kier alpha value is -2.58. The summed E-state index contributed by atoms with van der Waals surface area (Å²) in [6, 6.07) is 12.3. The molecule has 8 heteroatoms. The maximum atomic E-state index is 13.2. The Balaban J connectivity index is 1.69. The first kappa shape index (κ1) is 26.0. The molecule has 1 aliphatic rings. The van der Waals surface area contributed by atoms with Crippen molar-refractivity contribution in [2.45, 2.75) is 56.8 Å². The van der Waals surface area contributed by atoms with E-state index in [2.05, 4.69) is 26.1 Å². The van der Waals surface area contributed by atoms with Crippen molar-refractivity contribution in [3.05, 3.63) is 53.6 Å². The van der Waals surface area contributed by atoms with Crippen molar-refractivity contribution in [1.29, 1.82) is 0 Å². The lowest BCUT2D eigenvalue weighted by Crippen LogP contribution is -2.32. The van der Waals surface area contributed by atoms with Gasteiger partial charge in [0.25, 0.3) is 5.91 Å². The first-order valence-electron chi connectivity index (χ1n) is 11.8. The number of hydrogen-bond donors (Lipinski definition) is 1. The summed E-state index contributed by atoms with van der Waals surface area (Å²) in [6.07, 6.45) is 3.76. The molecule has 0 saturated carbocycles. The van der Waals surface area contributed by atoms with Gasteiger partial charge in [-0.25, -0.2) is 8.42 Å². The monoisotopic (exact) mass is 488 g/mol. The van der Waals surface area contributed by atoms with Crippen LogP contribution in [-0.4, -0.2) is 52.0 Å². The third-order valence-electron chi connectivity index (χ3n) is 5.96. The Morgan fingerprint density at radius 2 is 1.68 bits per heavy atom. The van der Waals surface area contributed by atoms with Gasteiger partial charge < -0.3 is 14.8 Å². The van der Waals surface area contributed by atoms with E-state index < -0.39 is 15.9 Å². The largest absolute Gasteiger partial charge is 0.496 e. The molecule has 0 radical (unpaired) electrons. The number of para-hydroxylation sites is 1. The molecule has 186 valence electrons. The molecular weight excluding hydrogens is 452 g/mol. The third-order valence-corrected chi connectivity index (χ3v) is 7.85. The molecular formula is C26H36N2O5S. The van der Waals surface area contributed by atoms with Crippen molar-refractivity contribution in [2.24, 2.45) is 0 Å². The van der Waals surface area contributed by atoms with Crippen LogP contribution in [0.1, 0.15) is 62.4 Å². The fraction of sp³-hybridized carbons (Fsp3) is 0.500. The predicted octanol–water partition coefficient (Wildman–Crippen LogP) is 4.37. The van der Waals surface area contributed by atoms with Gasteiger partial charge in [0.1, 0.15) is 18.1 Å². The maximum Gasteiger partial charge on any atom is 0.255 e. The molecule has 0 spiro atoms. The van der Waals surface area contributed by atoms with Crippen molar-refractivity contribution in [2.75, 3.05) is 33.4 Å². The van der Waals surface area contributed by atoms with E-state index in [-0.39, 0.29) is 29.0 Å². The number of hydrogen-bond acceptors (Lipinski definition) is 5. The standard InChI is InChI=1S/C26H36N2O5S/c1-26(2,3)22-11-7-8-12-24(22)33-18-15-27-25(29)21-19-20(13-14-23(21)32-4)34(30,31)28-16-9-5-6-10-17-28/h7-8,11-14,19H,5-6,9-10,15-18H2,1-4H3,(H,27,29). The molecule has 2 aromatic carbocycles. The topological polar surface area (TPSA) is 84.9 Å². The van der Waals surface area contributed by atoms with Gasteiger partial charge in [0.05, 0.1) is 24.1 Å². The number of sulfonamides is 1. The van der Waals surface area contributed by atoms with Crippen molar-refractivity contribution >= 4 is 15.9 Å². The zero-order valence-electron chi connectivity index (χ0n) is 20.6. The summed E-state index contributed by atoms with van der Waals surface area (Å²) in [5.41, 5.74) is 1.22. The highest BCUT2D eigenvalue weighted by atomic mass is 32.2. The first-order valence-corrected chi connectivity index (χ1v) is 13.3. The number of carbonyl (C=O) groups is 1. The Morgan fingerprint density at radius 1 is 1.00 bits per heavy atom. The normalized spacial score (nSPS) is 15.4. The van der Waals surface area contributed by atoms with E-state index in [0.717, 1.165) is 37.0 Å². The van der Waals surface area contributed by atoms with Crippen LogP contribution in [0.3, 0.4) is 0 Å². The summed E-state index contributed by atoms with van der Waals surface area (Å²) in [6.45, 7) is 7.92. The van der Waals surface area contributed by atoms with E-state index in [1.807, 2.05) is 24.3 Å². The molecule has 0 unspecified atom stereocenters. The lowest BCUT2D eigenvalue weighted by molar-refractivity contribution is 0.0943. The highest BCUT2D eigenvalue weighted by Crippen LogP contribution is 2.31. The summed E-state index contributed by atoms with van der Waals surface area (Å²) in [7, 11) is -2.21. The molecule has 1 fully saturated rings. The zero-order chi connectivity index (χ0) is 24.8. The maximum absolute atomic E-state index is 13.2. The van der Waals surface area contributed by atoms with Crippen LogP contribution in [0.25, 0.3) is 0 Å². The number of amides is 1. The second kappa shape index (κ2) is 11.2. The molecule has 2 aromatic rings. The van der Waals surface area contributed by atoms with E-state index in [0.29, 0.717) is 18.8 Å². The van der Waals surface area contributed by atoms with Gasteiger partial charge in [-0.1, -0.05) is 51.8 Å². The molecule has 1 amide bonds. The third kappa shape index (κ3) is 6.30. The molecule has 0 aliphatic carbocycles. The molecule has 0 aromatic heterocycles. The van der Waals surface area contributed by atoms with Crippen LogP contribution in [0.2, 0.25) is 0 Å². The summed E-state index contributed by atoms with van der Waals surface area (Å²) >= 11 is 0. The minimum Gasteiger partial charge on any atom is -0.496 e. The number of ether oxygens (including phenoxy) is 2. The Kier molecular flexibility index (Phi) is 8.60. The van der Waals surface area contributed by atoms with E-state index in [4.69, 9.17) is 9.47 Å². The van der Waals surface area contributed by atoms with Gasteiger partial charge in [0.2, 0.25) is 10.0 Å². The van der Waals surface area contributed by atoms with Gasteiger partial charge in [-0.2, -0.15) is 4.31 Å². The number of nitrogens with zero attached hydrogens (tertiary/aromatic N) is 1. The Bertz CT molecular complexity index is 1080. The number of nitrogens with one attached hydrogen (secondary N) is 1. The van der Waals surface area contributed by atoms with E-state index in [1.54, 1.807) is 0 Å². The molecule has 1 saturated heterocycles. The lowest BCUT2D eigenvalue weighted by Gasteiger charge is -2.22. The summed E-state index contributed by atoms with van der Waals surface area (Å²) in [5.74, 6) is 0.705. The molecule has 0 bridgehead atoms. The second-order valence-corrected chi connectivity index (χ2v) is 11.5. The average molecular weight is 489 g/mol. The number of rotatable bonds is 8. The Morgan fingerprint density at radius 3 is 2.32 bits per heavy atom. The molecule has 1 N–H and O–H groups in total. The van der Waals surface area contributed by atoms with Crippen LogP contribution >= 0.6 is 0 Å². The van der Waals surface area contributed by atoms with Crippen LogP contribution in [0, 0.1) is 0 Å². The highest BCUT2D eigenvalue weighted by Gasteiger charge is 2.27. The van der Waals surface area contributed by atoms with Gasteiger partial charge in [-0.3, -0.25) is 4.79 Å². The summed E-state index contributed by atoms with van der Waals surface area (Å²) in [4.78, 5) is 13.0. The Labute approximate surface area is 203 Å². The average Bonchev–Trinajstić information content (AvgIpc) is 3.11. The predicted molar refractivity (Wildman–Crippen MR) is 133 cm³/mol. The molecule has 1 aliphatic heterocycles. The van der Waals surface area contributed by atoms with Crippen LogP contribution in [0.15, 0.2) is 47.4 Å².